The third-order valence-corrected chi connectivity index (χ3v) is 4.55. The molecule has 0 saturated heterocycles. The minimum Gasteiger partial charge on any atom is -0.497 e. The van der Waals surface area contributed by atoms with E-state index in [0.717, 1.165) is 33.7 Å². The maximum absolute atomic E-state index is 9.60. The van der Waals surface area contributed by atoms with E-state index >= 15 is 0 Å². The predicted octanol–water partition coefficient (Wildman–Crippen LogP) is 4.19. The third kappa shape index (κ3) is 1.96. The van der Waals surface area contributed by atoms with Gasteiger partial charge in [-0.2, -0.15) is 5.26 Å². The van der Waals surface area contributed by atoms with Crippen LogP contribution in [0.3, 0.4) is 0 Å². The highest BCUT2D eigenvalue weighted by Crippen LogP contribution is 2.48. The largest absolute Gasteiger partial charge is 0.497 e. The van der Waals surface area contributed by atoms with Crippen LogP contribution in [0.25, 0.3) is 11.1 Å². The summed E-state index contributed by atoms with van der Waals surface area (Å²) in [4.78, 5) is 2.14. The fraction of sp³-hybridized carbons (Fsp3) is 0.150. The quantitative estimate of drug-likeness (QED) is 0.792. The van der Waals surface area contributed by atoms with E-state index in [-0.39, 0.29) is 5.92 Å². The zero-order valence-electron chi connectivity index (χ0n) is 13.1. The average Bonchev–Trinajstić information content (AvgIpc) is 2.61. The van der Waals surface area contributed by atoms with Crippen molar-refractivity contribution in [1.82, 2.24) is 0 Å². The lowest BCUT2D eigenvalue weighted by atomic mass is 9.77. The van der Waals surface area contributed by atoms with Crippen LogP contribution in [0.4, 0.5) is 5.69 Å². The molecule has 1 unspecified atom stereocenters. The van der Waals surface area contributed by atoms with E-state index in [1.807, 2.05) is 30.3 Å². The van der Waals surface area contributed by atoms with Gasteiger partial charge in [-0.25, -0.2) is 0 Å². The summed E-state index contributed by atoms with van der Waals surface area (Å²) in [7, 11) is 3.72. The number of hydrogen-bond donors (Lipinski definition) is 0. The Morgan fingerprint density at radius 1 is 1.09 bits per heavy atom. The normalized spacial score (nSPS) is 18.0. The SMILES string of the molecule is COc1ccc2c(c1)C1=CN(C)c3ccccc3C1=CC2C#N. The molecule has 0 amide bonds. The number of rotatable bonds is 1. The van der Waals surface area contributed by atoms with Gasteiger partial charge in [0.2, 0.25) is 0 Å². The van der Waals surface area contributed by atoms with E-state index in [2.05, 4.69) is 42.4 Å². The molecule has 4 rings (SSSR count). The lowest BCUT2D eigenvalue weighted by molar-refractivity contribution is 0.414. The molecule has 0 spiro atoms. The van der Waals surface area contributed by atoms with E-state index in [4.69, 9.17) is 4.74 Å². The monoisotopic (exact) mass is 300 g/mol. The van der Waals surface area contributed by atoms with Crippen LogP contribution in [0.15, 0.2) is 54.7 Å². The topological polar surface area (TPSA) is 36.3 Å². The molecule has 2 aromatic carbocycles. The number of ether oxygens (including phenoxy) is 1. The van der Waals surface area contributed by atoms with Gasteiger partial charge in [0.05, 0.1) is 19.1 Å². The molecule has 1 aliphatic heterocycles. The summed E-state index contributed by atoms with van der Waals surface area (Å²) in [6, 6.07) is 16.7. The first-order chi connectivity index (χ1) is 11.2. The summed E-state index contributed by atoms with van der Waals surface area (Å²) in [5.41, 5.74) is 6.72. The Morgan fingerprint density at radius 3 is 2.70 bits per heavy atom. The fourth-order valence-corrected chi connectivity index (χ4v) is 3.41. The van der Waals surface area contributed by atoms with Crippen molar-refractivity contribution in [2.45, 2.75) is 5.92 Å². The van der Waals surface area contributed by atoms with Gasteiger partial charge in [0.1, 0.15) is 5.75 Å². The number of hydrogen-bond acceptors (Lipinski definition) is 3. The van der Waals surface area contributed by atoms with Gasteiger partial charge in [0.25, 0.3) is 0 Å². The van der Waals surface area contributed by atoms with E-state index < -0.39 is 0 Å². The van der Waals surface area contributed by atoms with E-state index in [9.17, 15) is 5.26 Å². The van der Waals surface area contributed by atoms with Crippen LogP contribution in [-0.4, -0.2) is 14.2 Å². The van der Waals surface area contributed by atoms with E-state index in [1.165, 1.54) is 5.56 Å². The maximum Gasteiger partial charge on any atom is 0.119 e. The van der Waals surface area contributed by atoms with Crippen molar-refractivity contribution in [2.24, 2.45) is 0 Å². The molecule has 2 aliphatic rings. The van der Waals surface area contributed by atoms with Crippen LogP contribution in [-0.2, 0) is 0 Å². The number of allylic oxidation sites excluding steroid dienone is 3. The Bertz CT molecular complexity index is 902. The fourth-order valence-electron chi connectivity index (χ4n) is 3.41. The molecule has 2 aromatic rings. The van der Waals surface area contributed by atoms with Gasteiger partial charge in [-0.05, 0) is 34.9 Å². The van der Waals surface area contributed by atoms with Gasteiger partial charge in [-0.1, -0.05) is 30.3 Å². The Labute approximate surface area is 135 Å². The summed E-state index contributed by atoms with van der Waals surface area (Å²) in [6.45, 7) is 0. The second kappa shape index (κ2) is 5.03. The summed E-state index contributed by atoms with van der Waals surface area (Å²) in [6.07, 6.45) is 4.21. The van der Waals surface area contributed by atoms with E-state index in [0.29, 0.717) is 0 Å². The highest BCUT2D eigenvalue weighted by atomic mass is 16.5. The Kier molecular flexibility index (Phi) is 2.99. The van der Waals surface area contributed by atoms with Gasteiger partial charge in [0.15, 0.2) is 0 Å². The van der Waals surface area contributed by atoms with Crippen LogP contribution in [0.2, 0.25) is 0 Å². The van der Waals surface area contributed by atoms with Crippen LogP contribution < -0.4 is 9.64 Å². The molecular formula is C20H16N2O. The average molecular weight is 300 g/mol. The van der Waals surface area contributed by atoms with Crippen LogP contribution in [0, 0.1) is 11.3 Å². The standard InChI is InChI=1S/C20H16N2O/c1-22-12-19-17(16-5-3-4-6-20(16)22)9-13(11-21)15-8-7-14(23-2)10-18(15)19/h3-10,12-13H,1-2H3. The number of para-hydroxylation sites is 1. The first-order valence-corrected chi connectivity index (χ1v) is 7.57. The minimum absolute atomic E-state index is 0.237. The van der Waals surface area contributed by atoms with Crippen LogP contribution in [0.5, 0.6) is 5.75 Å². The molecule has 1 aliphatic carbocycles. The Morgan fingerprint density at radius 2 is 1.91 bits per heavy atom. The van der Waals surface area contributed by atoms with Gasteiger partial charge in [-0.3, -0.25) is 0 Å². The number of anilines is 1. The molecule has 3 heteroatoms. The van der Waals surface area contributed by atoms with Crippen molar-refractivity contribution in [3.05, 3.63) is 71.4 Å². The molecule has 112 valence electrons. The lowest BCUT2D eigenvalue weighted by Crippen LogP contribution is -2.19. The highest BCUT2D eigenvalue weighted by molar-refractivity contribution is 6.12. The molecule has 3 nitrogen and oxygen atoms in total. The van der Waals surface area contributed by atoms with Crippen molar-refractivity contribution in [2.75, 3.05) is 19.1 Å². The summed E-state index contributed by atoms with van der Waals surface area (Å²) >= 11 is 0. The molecular weight excluding hydrogens is 284 g/mol. The summed E-state index contributed by atoms with van der Waals surface area (Å²) in [5, 5.41) is 9.60. The van der Waals surface area contributed by atoms with Crippen molar-refractivity contribution in [1.29, 1.82) is 5.26 Å². The molecule has 0 aromatic heterocycles. The van der Waals surface area contributed by atoms with Crippen molar-refractivity contribution < 1.29 is 4.74 Å². The first kappa shape index (κ1) is 13.7. The maximum atomic E-state index is 9.60. The van der Waals surface area contributed by atoms with Crippen LogP contribution >= 0.6 is 0 Å². The smallest absolute Gasteiger partial charge is 0.119 e. The Hall–Kier alpha value is -2.99. The third-order valence-electron chi connectivity index (χ3n) is 4.55. The number of nitriles is 1. The van der Waals surface area contributed by atoms with Crippen molar-refractivity contribution in [3.8, 4) is 11.8 Å². The number of nitrogens with zero attached hydrogens (tertiary/aromatic N) is 2. The molecule has 1 heterocycles. The molecule has 1 atom stereocenters. The highest BCUT2D eigenvalue weighted by Gasteiger charge is 2.29. The number of fused-ring (bicyclic) bond motifs is 5. The van der Waals surface area contributed by atoms with Gasteiger partial charge < -0.3 is 9.64 Å². The molecule has 0 N–H and O–H groups in total. The lowest BCUT2D eigenvalue weighted by Gasteiger charge is -2.32. The second-order valence-electron chi connectivity index (χ2n) is 5.81. The van der Waals surface area contributed by atoms with Gasteiger partial charge in [0, 0.05) is 30.1 Å². The molecule has 0 radical (unpaired) electrons. The molecule has 0 fully saturated rings. The minimum atomic E-state index is -0.237. The zero-order valence-corrected chi connectivity index (χ0v) is 13.1. The van der Waals surface area contributed by atoms with Gasteiger partial charge in [-0.15, -0.1) is 0 Å². The predicted molar refractivity (Wildman–Crippen MR) is 92.1 cm³/mol. The number of methoxy groups -OCH3 is 1. The Balaban J connectivity index is 1.99. The second-order valence-corrected chi connectivity index (χ2v) is 5.81. The number of benzene rings is 2. The molecule has 0 saturated carbocycles. The van der Waals surface area contributed by atoms with E-state index in [1.54, 1.807) is 7.11 Å². The summed E-state index contributed by atoms with van der Waals surface area (Å²) in [5.74, 6) is 0.573. The van der Waals surface area contributed by atoms with Crippen molar-refractivity contribution in [3.63, 3.8) is 0 Å². The van der Waals surface area contributed by atoms with Crippen LogP contribution in [0.1, 0.15) is 22.6 Å². The molecule has 0 bridgehead atoms. The summed E-state index contributed by atoms with van der Waals surface area (Å²) < 4.78 is 5.38. The first-order valence-electron chi connectivity index (χ1n) is 7.57. The van der Waals surface area contributed by atoms with Crippen molar-refractivity contribution >= 4 is 16.8 Å². The molecule has 23 heavy (non-hydrogen) atoms. The van der Waals surface area contributed by atoms with Gasteiger partial charge >= 0.3 is 0 Å². The zero-order chi connectivity index (χ0) is 16.0.